The third-order valence-electron chi connectivity index (χ3n) is 2.14. The van der Waals surface area contributed by atoms with Gasteiger partial charge in [-0.2, -0.15) is 0 Å². The fourth-order valence-electron chi connectivity index (χ4n) is 1.19. The number of benzene rings is 1. The lowest BCUT2D eigenvalue weighted by Crippen LogP contribution is -3.00. The second-order valence-corrected chi connectivity index (χ2v) is 5.13. The number of carboxylic acid groups (broad SMARTS) is 1. The lowest BCUT2D eigenvalue weighted by molar-refractivity contribution is -0.870. The Bertz CT molecular complexity index is 457. The second kappa shape index (κ2) is 10.1. The number of hydrogen-bond donors (Lipinski definition) is 2. The minimum Gasteiger partial charge on any atom is -1.00 e. The van der Waals surface area contributed by atoms with Crippen molar-refractivity contribution in [3.63, 3.8) is 0 Å². The molecular weight excluding hydrogens is 298 g/mol. The Labute approximate surface area is 131 Å². The Morgan fingerprint density at radius 1 is 1.19 bits per heavy atom. The number of aromatic carboxylic acids is 1. The molecular formula is C14H22ClNO5. The number of carbonyl (C=O) groups excluding carboxylic acids is 1. The SMILES string of the molecule is CC(=O)Oc1ccccc1C(=O)O.C[N+](C)(C)CCO.[Cl-]. The third-order valence-corrected chi connectivity index (χ3v) is 2.14. The molecule has 6 nitrogen and oxygen atoms in total. The van der Waals surface area contributed by atoms with Crippen LogP contribution in [-0.2, 0) is 4.79 Å². The molecule has 7 heteroatoms. The lowest BCUT2D eigenvalue weighted by Gasteiger charge is -2.21. The van der Waals surface area contributed by atoms with Gasteiger partial charge in [0, 0.05) is 6.92 Å². The zero-order valence-electron chi connectivity index (χ0n) is 12.7. The van der Waals surface area contributed by atoms with Gasteiger partial charge < -0.3 is 31.8 Å². The van der Waals surface area contributed by atoms with Crippen molar-refractivity contribution in [3.8, 4) is 5.75 Å². The fraction of sp³-hybridized carbons (Fsp3) is 0.429. The van der Waals surface area contributed by atoms with Crippen LogP contribution in [0.2, 0.25) is 0 Å². The van der Waals surface area contributed by atoms with Crippen molar-refractivity contribution in [2.45, 2.75) is 6.92 Å². The molecule has 0 radical (unpaired) electrons. The van der Waals surface area contributed by atoms with E-state index in [1.54, 1.807) is 12.1 Å². The average Bonchev–Trinajstić information content (AvgIpc) is 2.27. The molecule has 120 valence electrons. The number of carboxylic acids is 1. The smallest absolute Gasteiger partial charge is 0.339 e. The van der Waals surface area contributed by atoms with Crippen LogP contribution in [0.1, 0.15) is 17.3 Å². The number of rotatable bonds is 4. The van der Waals surface area contributed by atoms with Gasteiger partial charge in [0.15, 0.2) is 0 Å². The summed E-state index contributed by atoms with van der Waals surface area (Å²) in [5, 5.41) is 17.1. The summed E-state index contributed by atoms with van der Waals surface area (Å²) >= 11 is 0. The van der Waals surface area contributed by atoms with Gasteiger partial charge in [0.1, 0.15) is 17.9 Å². The summed E-state index contributed by atoms with van der Waals surface area (Å²) in [4.78, 5) is 21.2. The van der Waals surface area contributed by atoms with Gasteiger partial charge >= 0.3 is 11.9 Å². The van der Waals surface area contributed by atoms with Gasteiger partial charge in [0.05, 0.1) is 27.7 Å². The minimum absolute atomic E-state index is 0. The molecule has 0 atom stereocenters. The highest BCUT2D eigenvalue weighted by atomic mass is 35.5. The number of aliphatic hydroxyl groups excluding tert-OH is 1. The maximum Gasteiger partial charge on any atom is 0.339 e. The zero-order chi connectivity index (χ0) is 15.8. The Morgan fingerprint density at radius 3 is 2.05 bits per heavy atom. The number of aliphatic hydroxyl groups is 1. The molecule has 0 spiro atoms. The van der Waals surface area contributed by atoms with Crippen LogP contribution in [0.25, 0.3) is 0 Å². The first kappa shape index (κ1) is 21.7. The van der Waals surface area contributed by atoms with Crippen LogP contribution in [0.5, 0.6) is 5.75 Å². The summed E-state index contributed by atoms with van der Waals surface area (Å²) in [6.07, 6.45) is 0. The zero-order valence-corrected chi connectivity index (χ0v) is 13.4. The predicted molar refractivity (Wildman–Crippen MR) is 74.7 cm³/mol. The van der Waals surface area contributed by atoms with Gasteiger partial charge in [0.2, 0.25) is 0 Å². The van der Waals surface area contributed by atoms with Crippen molar-refractivity contribution in [1.29, 1.82) is 0 Å². The number of hydrogen-bond acceptors (Lipinski definition) is 4. The normalized spacial score (nSPS) is 9.76. The Balaban J connectivity index is 0. The minimum atomic E-state index is -1.11. The highest BCUT2D eigenvalue weighted by Gasteiger charge is 2.11. The summed E-state index contributed by atoms with van der Waals surface area (Å²) in [5.41, 5.74) is -0.0160. The summed E-state index contributed by atoms with van der Waals surface area (Å²) < 4.78 is 5.53. The summed E-state index contributed by atoms with van der Waals surface area (Å²) in [6, 6.07) is 5.98. The highest BCUT2D eigenvalue weighted by Crippen LogP contribution is 2.17. The number of ether oxygens (including phenoxy) is 1. The summed E-state index contributed by atoms with van der Waals surface area (Å²) in [5.74, 6) is -1.58. The number of halogens is 1. The van der Waals surface area contributed by atoms with Crippen LogP contribution >= 0.6 is 0 Å². The molecule has 0 saturated carbocycles. The van der Waals surface area contributed by atoms with Crippen LogP contribution in [0, 0.1) is 0 Å². The summed E-state index contributed by atoms with van der Waals surface area (Å²) in [6.45, 7) is 2.34. The van der Waals surface area contributed by atoms with E-state index in [0.717, 1.165) is 11.0 Å². The fourth-order valence-corrected chi connectivity index (χ4v) is 1.19. The number of esters is 1. The Morgan fingerprint density at radius 2 is 1.71 bits per heavy atom. The molecule has 2 N–H and O–H groups in total. The largest absolute Gasteiger partial charge is 1.00 e. The van der Waals surface area contributed by atoms with Crippen molar-refractivity contribution >= 4 is 11.9 Å². The van der Waals surface area contributed by atoms with Crippen molar-refractivity contribution < 1.29 is 41.4 Å². The van der Waals surface area contributed by atoms with Gasteiger partial charge in [0.25, 0.3) is 0 Å². The lowest BCUT2D eigenvalue weighted by atomic mass is 10.2. The first-order valence-corrected chi connectivity index (χ1v) is 6.09. The topological polar surface area (TPSA) is 83.8 Å². The molecule has 0 aliphatic rings. The van der Waals surface area contributed by atoms with E-state index < -0.39 is 11.9 Å². The number of nitrogens with zero attached hydrogens (tertiary/aromatic N) is 1. The van der Waals surface area contributed by atoms with E-state index in [-0.39, 0.29) is 30.3 Å². The summed E-state index contributed by atoms with van der Waals surface area (Å²) in [7, 11) is 6.16. The molecule has 21 heavy (non-hydrogen) atoms. The van der Waals surface area contributed by atoms with Crippen LogP contribution in [0.15, 0.2) is 24.3 Å². The van der Waals surface area contributed by atoms with E-state index in [1.807, 2.05) is 0 Å². The number of quaternary nitrogens is 1. The Kier molecular flexibility index (Phi) is 10.5. The second-order valence-electron chi connectivity index (χ2n) is 5.13. The monoisotopic (exact) mass is 319 g/mol. The molecule has 1 aromatic carbocycles. The predicted octanol–water partition coefficient (Wildman–Crippen LogP) is -2.00. The van der Waals surface area contributed by atoms with E-state index in [0.29, 0.717) is 0 Å². The molecule has 0 aliphatic carbocycles. The number of para-hydroxylation sites is 1. The van der Waals surface area contributed by atoms with Crippen LogP contribution < -0.4 is 17.1 Å². The van der Waals surface area contributed by atoms with E-state index >= 15 is 0 Å². The molecule has 0 heterocycles. The third kappa shape index (κ3) is 10.8. The molecule has 0 unspecified atom stereocenters. The molecule has 0 fully saturated rings. The van der Waals surface area contributed by atoms with E-state index in [2.05, 4.69) is 25.9 Å². The molecule has 1 aromatic rings. The van der Waals surface area contributed by atoms with Crippen molar-refractivity contribution in [2.24, 2.45) is 0 Å². The maximum atomic E-state index is 10.6. The number of carbonyl (C=O) groups is 2. The van der Waals surface area contributed by atoms with Gasteiger partial charge in [-0.05, 0) is 12.1 Å². The molecule has 0 amide bonds. The van der Waals surface area contributed by atoms with Crippen LogP contribution in [0.3, 0.4) is 0 Å². The van der Waals surface area contributed by atoms with E-state index in [9.17, 15) is 9.59 Å². The molecule has 0 bridgehead atoms. The van der Waals surface area contributed by atoms with Crippen LogP contribution in [0.4, 0.5) is 0 Å². The van der Waals surface area contributed by atoms with Crippen LogP contribution in [-0.4, -0.2) is 60.9 Å². The van der Waals surface area contributed by atoms with Crippen molar-refractivity contribution in [2.75, 3.05) is 34.3 Å². The van der Waals surface area contributed by atoms with Gasteiger partial charge in [-0.3, -0.25) is 4.79 Å². The highest BCUT2D eigenvalue weighted by molar-refractivity contribution is 5.91. The number of likely N-dealkylation sites (N-methyl/N-ethyl adjacent to an activating group) is 1. The molecule has 0 saturated heterocycles. The maximum absolute atomic E-state index is 10.6. The molecule has 1 rings (SSSR count). The Hall–Kier alpha value is -1.63. The van der Waals surface area contributed by atoms with Crippen molar-refractivity contribution in [1.82, 2.24) is 0 Å². The first-order valence-electron chi connectivity index (χ1n) is 6.09. The standard InChI is InChI=1S/C9H8O4.C5H14NO.ClH/c1-6(10)13-8-5-3-2-4-7(8)9(11)12;1-6(2,3)4-5-7;/h2-5H,1H3,(H,11,12);7H,4-5H2,1-3H3;1H/q;+1;/p-1. The van der Waals surface area contributed by atoms with Gasteiger partial charge in [-0.1, -0.05) is 12.1 Å². The van der Waals surface area contributed by atoms with E-state index in [4.69, 9.17) is 10.2 Å². The average molecular weight is 320 g/mol. The quantitative estimate of drug-likeness (QED) is 0.381. The van der Waals surface area contributed by atoms with Gasteiger partial charge in [-0.25, -0.2) is 4.79 Å². The van der Waals surface area contributed by atoms with Gasteiger partial charge in [-0.15, -0.1) is 0 Å². The van der Waals surface area contributed by atoms with E-state index in [1.165, 1.54) is 19.1 Å². The molecule has 0 aliphatic heterocycles. The molecule has 0 aromatic heterocycles. The van der Waals surface area contributed by atoms with Crippen molar-refractivity contribution in [3.05, 3.63) is 29.8 Å². The first-order chi connectivity index (χ1) is 9.17.